The van der Waals surface area contributed by atoms with Gasteiger partial charge in [0, 0.05) is 5.92 Å². The quantitative estimate of drug-likeness (QED) is 0.790. The van der Waals surface area contributed by atoms with Crippen LogP contribution in [0.1, 0.15) is 41.1 Å². The van der Waals surface area contributed by atoms with Gasteiger partial charge in [0.05, 0.1) is 24.8 Å². The van der Waals surface area contributed by atoms with Crippen LogP contribution in [-0.4, -0.2) is 18.5 Å². The summed E-state index contributed by atoms with van der Waals surface area (Å²) in [6.07, 6.45) is 0. The minimum absolute atomic E-state index is 0.0780. The molecule has 0 bridgehead atoms. The van der Waals surface area contributed by atoms with Crippen molar-refractivity contribution in [2.45, 2.75) is 32.7 Å². The maximum absolute atomic E-state index is 13.3. The summed E-state index contributed by atoms with van der Waals surface area (Å²) in [5, 5.41) is 23.0. The molecule has 1 fully saturated rings. The average Bonchev–Trinajstić information content (AvgIpc) is 2.74. The normalized spacial score (nSPS) is 25.5. The third-order valence-electron chi connectivity index (χ3n) is 5.63. The van der Waals surface area contributed by atoms with E-state index >= 15 is 0 Å². The van der Waals surface area contributed by atoms with Crippen molar-refractivity contribution in [3.05, 3.63) is 70.8 Å². The number of rotatable bonds is 4. The molecule has 2 aromatic carbocycles. The van der Waals surface area contributed by atoms with Gasteiger partial charge in [-0.15, -0.1) is 0 Å². The van der Waals surface area contributed by atoms with Crippen LogP contribution in [0.2, 0.25) is 0 Å². The van der Waals surface area contributed by atoms with Crippen LogP contribution in [0.15, 0.2) is 48.5 Å². The lowest BCUT2D eigenvalue weighted by Crippen LogP contribution is -2.58. The molecule has 0 aromatic heterocycles. The lowest BCUT2D eigenvalue weighted by atomic mass is 9.59. The molecule has 6 heteroatoms. The fourth-order valence-electron chi connectivity index (χ4n) is 4.08. The molecule has 4 atom stereocenters. The molecule has 0 saturated carbocycles. The Labute approximate surface area is 176 Å². The van der Waals surface area contributed by atoms with Gasteiger partial charge in [0.15, 0.2) is 5.41 Å². The Balaban J connectivity index is 2.30. The summed E-state index contributed by atoms with van der Waals surface area (Å²) in [7, 11) is 0. The highest BCUT2D eigenvalue weighted by atomic mass is 16.5. The molecule has 152 valence electrons. The lowest BCUT2D eigenvalue weighted by molar-refractivity contribution is -0.159. The molecule has 30 heavy (non-hydrogen) atoms. The van der Waals surface area contributed by atoms with Crippen molar-refractivity contribution in [1.29, 1.82) is 10.5 Å². The summed E-state index contributed by atoms with van der Waals surface area (Å²) >= 11 is 0. The van der Waals surface area contributed by atoms with Gasteiger partial charge in [0.1, 0.15) is 5.92 Å². The molecule has 1 aliphatic heterocycles. The van der Waals surface area contributed by atoms with Crippen molar-refractivity contribution >= 4 is 11.9 Å². The van der Waals surface area contributed by atoms with E-state index in [0.29, 0.717) is 11.1 Å². The summed E-state index contributed by atoms with van der Waals surface area (Å²) in [5.41, 5.74) is 1.38. The zero-order chi connectivity index (χ0) is 21.9. The Kier molecular flexibility index (Phi) is 5.89. The van der Waals surface area contributed by atoms with Gasteiger partial charge in [-0.05, 0) is 31.9 Å². The molecule has 1 saturated heterocycles. The van der Waals surface area contributed by atoms with Crippen molar-refractivity contribution in [1.82, 2.24) is 5.32 Å². The Morgan fingerprint density at radius 1 is 1.03 bits per heavy atom. The van der Waals surface area contributed by atoms with E-state index in [9.17, 15) is 20.1 Å². The van der Waals surface area contributed by atoms with E-state index in [0.717, 1.165) is 11.1 Å². The topological polar surface area (TPSA) is 103 Å². The number of hydrogen-bond donors (Lipinski definition) is 1. The molecule has 0 unspecified atom stereocenters. The molecule has 3 rings (SSSR count). The number of aryl methyl sites for hydroxylation is 2. The van der Waals surface area contributed by atoms with E-state index in [1.165, 1.54) is 0 Å². The number of hydrogen-bond acceptors (Lipinski definition) is 5. The van der Waals surface area contributed by atoms with E-state index in [2.05, 4.69) is 11.4 Å². The number of piperidine rings is 1. The first kappa shape index (κ1) is 21.1. The molecule has 0 aliphatic carbocycles. The fourth-order valence-corrected chi connectivity index (χ4v) is 4.08. The van der Waals surface area contributed by atoms with Gasteiger partial charge < -0.3 is 10.1 Å². The van der Waals surface area contributed by atoms with Crippen LogP contribution in [0.4, 0.5) is 0 Å². The Morgan fingerprint density at radius 3 is 2.03 bits per heavy atom. The number of nitrogens with zero attached hydrogens (tertiary/aromatic N) is 2. The molecule has 6 nitrogen and oxygen atoms in total. The zero-order valence-electron chi connectivity index (χ0n) is 17.2. The first-order valence-electron chi connectivity index (χ1n) is 9.80. The van der Waals surface area contributed by atoms with E-state index in [4.69, 9.17) is 4.74 Å². The zero-order valence-corrected chi connectivity index (χ0v) is 17.2. The van der Waals surface area contributed by atoms with Crippen LogP contribution in [0, 0.1) is 47.8 Å². The molecule has 2 aromatic rings. The van der Waals surface area contributed by atoms with Crippen LogP contribution >= 0.6 is 0 Å². The summed E-state index contributed by atoms with van der Waals surface area (Å²) in [5.74, 6) is -3.45. The second kappa shape index (κ2) is 8.39. The first-order chi connectivity index (χ1) is 14.4. The van der Waals surface area contributed by atoms with Gasteiger partial charge in [-0.3, -0.25) is 9.59 Å². The SMILES string of the molecule is CCOC(=O)[C@]1(C#N)[C@@H](c2ccc(C)cc2)NC(=O)[C@H](C#N)[C@H]1c1ccc(C)cc1. The molecule has 0 radical (unpaired) electrons. The minimum atomic E-state index is -1.80. The number of esters is 1. The smallest absolute Gasteiger partial charge is 0.329 e. The number of benzene rings is 2. The third-order valence-corrected chi connectivity index (χ3v) is 5.63. The van der Waals surface area contributed by atoms with Crippen LogP contribution in [0.3, 0.4) is 0 Å². The third kappa shape index (κ3) is 3.42. The maximum Gasteiger partial charge on any atom is 0.329 e. The number of amides is 1. The maximum atomic E-state index is 13.3. The minimum Gasteiger partial charge on any atom is -0.465 e. The summed E-state index contributed by atoms with van der Waals surface area (Å²) < 4.78 is 5.33. The molecule has 1 N–H and O–H groups in total. The lowest BCUT2D eigenvalue weighted by Gasteiger charge is -2.45. The largest absolute Gasteiger partial charge is 0.465 e. The van der Waals surface area contributed by atoms with Crippen LogP contribution < -0.4 is 5.32 Å². The molecule has 1 amide bonds. The van der Waals surface area contributed by atoms with E-state index in [-0.39, 0.29) is 6.61 Å². The van der Waals surface area contributed by atoms with Crippen molar-refractivity contribution in [2.24, 2.45) is 11.3 Å². The monoisotopic (exact) mass is 401 g/mol. The fraction of sp³-hybridized carbons (Fsp3) is 0.333. The number of ether oxygens (including phenoxy) is 1. The highest BCUT2D eigenvalue weighted by Crippen LogP contribution is 2.53. The Bertz CT molecular complexity index is 1030. The molecule has 1 heterocycles. The average molecular weight is 401 g/mol. The number of carbonyl (C=O) groups is 2. The van der Waals surface area contributed by atoms with E-state index in [1.807, 2.05) is 44.2 Å². The summed E-state index contributed by atoms with van der Waals surface area (Å²) in [4.78, 5) is 26.2. The van der Waals surface area contributed by atoms with Gasteiger partial charge in [0.2, 0.25) is 5.91 Å². The number of nitriles is 2. The highest BCUT2D eigenvalue weighted by molar-refractivity contribution is 5.92. The van der Waals surface area contributed by atoms with Crippen molar-refractivity contribution < 1.29 is 14.3 Å². The molecular weight excluding hydrogens is 378 g/mol. The Hall–Kier alpha value is -3.64. The van der Waals surface area contributed by atoms with Crippen molar-refractivity contribution in [3.63, 3.8) is 0 Å². The second-order valence-corrected chi connectivity index (χ2v) is 7.55. The molecule has 1 aliphatic rings. The van der Waals surface area contributed by atoms with E-state index in [1.54, 1.807) is 31.2 Å². The van der Waals surface area contributed by atoms with Crippen LogP contribution in [0.5, 0.6) is 0 Å². The molecular formula is C24H23N3O3. The molecule has 0 spiro atoms. The van der Waals surface area contributed by atoms with Crippen molar-refractivity contribution in [2.75, 3.05) is 6.61 Å². The summed E-state index contributed by atoms with van der Waals surface area (Å²) in [6, 6.07) is 17.7. The van der Waals surface area contributed by atoms with Crippen LogP contribution in [0.25, 0.3) is 0 Å². The number of nitrogens with one attached hydrogen (secondary N) is 1. The predicted molar refractivity (Wildman–Crippen MR) is 110 cm³/mol. The van der Waals surface area contributed by atoms with Gasteiger partial charge in [0.25, 0.3) is 0 Å². The Morgan fingerprint density at radius 2 is 1.57 bits per heavy atom. The van der Waals surface area contributed by atoms with Gasteiger partial charge in [-0.2, -0.15) is 10.5 Å². The highest BCUT2D eigenvalue weighted by Gasteiger charge is 2.62. The second-order valence-electron chi connectivity index (χ2n) is 7.55. The van der Waals surface area contributed by atoms with Gasteiger partial charge in [-0.25, -0.2) is 0 Å². The number of carbonyl (C=O) groups excluding carboxylic acids is 2. The summed E-state index contributed by atoms with van der Waals surface area (Å²) in [6.45, 7) is 5.58. The van der Waals surface area contributed by atoms with Crippen LogP contribution in [-0.2, 0) is 14.3 Å². The standard InChI is InChI=1S/C24H23N3O3/c1-4-30-23(29)24(14-26)20(17-9-5-15(2)6-10-17)19(13-25)22(28)27-21(24)18-11-7-16(3)8-12-18/h5-12,19-21H,4H2,1-3H3,(H,27,28)/t19-,20-,21-,24+/m1/s1. The van der Waals surface area contributed by atoms with Gasteiger partial charge in [-0.1, -0.05) is 59.7 Å². The van der Waals surface area contributed by atoms with Crippen molar-refractivity contribution in [3.8, 4) is 12.1 Å². The first-order valence-corrected chi connectivity index (χ1v) is 9.80. The van der Waals surface area contributed by atoms with Gasteiger partial charge >= 0.3 is 5.97 Å². The van der Waals surface area contributed by atoms with E-state index < -0.39 is 35.2 Å². The predicted octanol–water partition coefficient (Wildman–Crippen LogP) is 3.47.